The third-order valence-electron chi connectivity index (χ3n) is 2.56. The minimum atomic E-state index is -4.46. The maximum atomic E-state index is 12.7. The first-order valence-electron chi connectivity index (χ1n) is 5.69. The number of rotatable bonds is 5. The molecule has 108 valence electrons. The first-order chi connectivity index (χ1) is 8.74. The van der Waals surface area contributed by atoms with E-state index in [0.29, 0.717) is 13.0 Å². The number of hydrazine groups is 1. The number of nitrogens with two attached hydrogens (primary N) is 1. The van der Waals surface area contributed by atoms with E-state index in [4.69, 9.17) is 5.84 Å². The molecule has 1 atom stereocenters. The molecule has 0 aliphatic rings. The van der Waals surface area contributed by atoms with E-state index in [1.165, 1.54) is 4.90 Å². The van der Waals surface area contributed by atoms with Gasteiger partial charge in [-0.05, 0) is 25.5 Å². The van der Waals surface area contributed by atoms with Crippen molar-refractivity contribution < 1.29 is 18.3 Å². The van der Waals surface area contributed by atoms with Crippen molar-refractivity contribution in [2.75, 3.05) is 23.9 Å². The molecular weight excluding hydrogens is 261 g/mol. The Balaban J connectivity index is 2.99. The van der Waals surface area contributed by atoms with E-state index in [1.54, 1.807) is 14.0 Å². The van der Waals surface area contributed by atoms with Crippen LogP contribution in [0.1, 0.15) is 18.9 Å². The van der Waals surface area contributed by atoms with Crippen LogP contribution in [0.5, 0.6) is 0 Å². The highest BCUT2D eigenvalue weighted by Gasteiger charge is 2.32. The first kappa shape index (κ1) is 15.5. The lowest BCUT2D eigenvalue weighted by molar-refractivity contribution is -0.137. The summed E-state index contributed by atoms with van der Waals surface area (Å²) in [6, 6.07) is 1.79. The standard InChI is InChI=1S/C11H17F3N4O/c1-7(19)3-4-18(2)10-6-8(11(12,13)14)5-9(16-10)17-15/h5-7,19H,3-4,15H2,1-2H3,(H,16,17). The van der Waals surface area contributed by atoms with Crippen molar-refractivity contribution in [3.63, 3.8) is 0 Å². The Hall–Kier alpha value is -1.54. The molecule has 0 saturated heterocycles. The average molecular weight is 278 g/mol. The number of aromatic nitrogens is 1. The van der Waals surface area contributed by atoms with Gasteiger partial charge < -0.3 is 15.4 Å². The molecule has 1 rings (SSSR count). The Morgan fingerprint density at radius 2 is 2.11 bits per heavy atom. The first-order valence-corrected chi connectivity index (χ1v) is 5.69. The molecule has 0 aliphatic carbocycles. The number of halogens is 3. The summed E-state index contributed by atoms with van der Waals surface area (Å²) in [4.78, 5) is 5.48. The molecule has 1 unspecified atom stereocenters. The molecular formula is C11H17F3N4O. The van der Waals surface area contributed by atoms with Gasteiger partial charge in [-0.2, -0.15) is 13.2 Å². The molecule has 0 saturated carbocycles. The third-order valence-corrected chi connectivity index (χ3v) is 2.56. The molecule has 5 nitrogen and oxygen atoms in total. The minimum Gasteiger partial charge on any atom is -0.393 e. The molecule has 1 aromatic rings. The van der Waals surface area contributed by atoms with Gasteiger partial charge >= 0.3 is 6.18 Å². The zero-order valence-corrected chi connectivity index (χ0v) is 10.7. The summed E-state index contributed by atoms with van der Waals surface area (Å²) in [5.41, 5.74) is 1.29. The molecule has 19 heavy (non-hydrogen) atoms. The fourth-order valence-electron chi connectivity index (χ4n) is 1.44. The number of nitrogens with one attached hydrogen (secondary N) is 1. The lowest BCUT2D eigenvalue weighted by Gasteiger charge is -2.21. The van der Waals surface area contributed by atoms with Gasteiger partial charge in [0.1, 0.15) is 11.6 Å². The van der Waals surface area contributed by atoms with E-state index in [0.717, 1.165) is 12.1 Å². The van der Waals surface area contributed by atoms with E-state index in [9.17, 15) is 18.3 Å². The maximum absolute atomic E-state index is 12.7. The number of nitrogens with zero attached hydrogens (tertiary/aromatic N) is 2. The average Bonchev–Trinajstić information content (AvgIpc) is 2.34. The zero-order chi connectivity index (χ0) is 14.6. The number of aliphatic hydroxyl groups excluding tert-OH is 1. The molecule has 0 aromatic carbocycles. The van der Waals surface area contributed by atoms with Gasteiger partial charge in [0.15, 0.2) is 0 Å². The SMILES string of the molecule is CC(O)CCN(C)c1cc(C(F)(F)F)cc(NN)n1. The second-order valence-corrected chi connectivity index (χ2v) is 4.30. The van der Waals surface area contributed by atoms with Gasteiger partial charge in [0.05, 0.1) is 11.7 Å². The highest BCUT2D eigenvalue weighted by Crippen LogP contribution is 2.32. The molecule has 0 spiro atoms. The van der Waals surface area contributed by atoms with Gasteiger partial charge in [-0.25, -0.2) is 10.8 Å². The Labute approximate surface area is 109 Å². The van der Waals surface area contributed by atoms with Crippen LogP contribution in [0.15, 0.2) is 12.1 Å². The van der Waals surface area contributed by atoms with Crippen LogP contribution in [0, 0.1) is 0 Å². The number of hydrogen-bond donors (Lipinski definition) is 3. The van der Waals surface area contributed by atoms with Crippen LogP contribution in [0.2, 0.25) is 0 Å². The quantitative estimate of drug-likeness (QED) is 0.563. The predicted molar refractivity (Wildman–Crippen MR) is 66.6 cm³/mol. The highest BCUT2D eigenvalue weighted by atomic mass is 19.4. The van der Waals surface area contributed by atoms with Crippen LogP contribution < -0.4 is 16.2 Å². The Kier molecular flexibility index (Phi) is 4.96. The van der Waals surface area contributed by atoms with Gasteiger partial charge in [0, 0.05) is 13.6 Å². The lowest BCUT2D eigenvalue weighted by atomic mass is 10.2. The van der Waals surface area contributed by atoms with Crippen molar-refractivity contribution in [1.82, 2.24) is 4.98 Å². The van der Waals surface area contributed by atoms with Crippen molar-refractivity contribution in [2.24, 2.45) is 5.84 Å². The fourth-order valence-corrected chi connectivity index (χ4v) is 1.44. The molecule has 0 aliphatic heterocycles. The van der Waals surface area contributed by atoms with Crippen molar-refractivity contribution in [2.45, 2.75) is 25.6 Å². The van der Waals surface area contributed by atoms with Crippen LogP contribution in [0.25, 0.3) is 0 Å². The van der Waals surface area contributed by atoms with Crippen molar-refractivity contribution in [3.8, 4) is 0 Å². The maximum Gasteiger partial charge on any atom is 0.416 e. The number of pyridine rings is 1. The molecule has 1 aromatic heterocycles. The fraction of sp³-hybridized carbons (Fsp3) is 0.545. The molecule has 0 fully saturated rings. The predicted octanol–water partition coefficient (Wildman–Crippen LogP) is 1.59. The lowest BCUT2D eigenvalue weighted by Crippen LogP contribution is -2.24. The second-order valence-electron chi connectivity index (χ2n) is 4.30. The van der Waals surface area contributed by atoms with E-state index >= 15 is 0 Å². The van der Waals surface area contributed by atoms with Gasteiger partial charge in [-0.15, -0.1) is 0 Å². The molecule has 8 heteroatoms. The summed E-state index contributed by atoms with van der Waals surface area (Å²) in [5, 5.41) is 9.17. The van der Waals surface area contributed by atoms with Gasteiger partial charge in [-0.3, -0.25) is 0 Å². The number of hydrogen-bond acceptors (Lipinski definition) is 5. The van der Waals surface area contributed by atoms with Crippen molar-refractivity contribution >= 4 is 11.6 Å². The number of anilines is 2. The van der Waals surface area contributed by atoms with Gasteiger partial charge in [0.2, 0.25) is 0 Å². The van der Waals surface area contributed by atoms with Crippen LogP contribution in [0.3, 0.4) is 0 Å². The van der Waals surface area contributed by atoms with E-state index < -0.39 is 17.8 Å². The minimum absolute atomic E-state index is 0.0614. The van der Waals surface area contributed by atoms with E-state index in [-0.39, 0.29) is 11.6 Å². The number of alkyl halides is 3. The second kappa shape index (κ2) is 6.07. The molecule has 0 radical (unpaired) electrons. The topological polar surface area (TPSA) is 74.4 Å². The molecule has 1 heterocycles. The summed E-state index contributed by atoms with van der Waals surface area (Å²) in [7, 11) is 1.60. The monoisotopic (exact) mass is 278 g/mol. The molecule has 4 N–H and O–H groups in total. The van der Waals surface area contributed by atoms with Crippen LogP contribution in [-0.2, 0) is 6.18 Å². The highest BCUT2D eigenvalue weighted by molar-refractivity contribution is 5.50. The van der Waals surface area contributed by atoms with Crippen molar-refractivity contribution in [1.29, 1.82) is 0 Å². The Morgan fingerprint density at radius 1 is 1.47 bits per heavy atom. The Morgan fingerprint density at radius 3 is 2.58 bits per heavy atom. The summed E-state index contributed by atoms with van der Waals surface area (Å²) in [5.74, 6) is 5.20. The summed E-state index contributed by atoms with van der Waals surface area (Å²) in [6.45, 7) is 2.00. The Bertz CT molecular complexity index is 423. The number of aliphatic hydroxyl groups is 1. The summed E-state index contributed by atoms with van der Waals surface area (Å²) in [6.07, 6.45) is -4.56. The molecule has 0 amide bonds. The third kappa shape index (κ3) is 4.56. The smallest absolute Gasteiger partial charge is 0.393 e. The van der Waals surface area contributed by atoms with E-state index in [1.807, 2.05) is 0 Å². The van der Waals surface area contributed by atoms with E-state index in [2.05, 4.69) is 10.4 Å². The van der Waals surface area contributed by atoms with Crippen LogP contribution >= 0.6 is 0 Å². The van der Waals surface area contributed by atoms with Crippen molar-refractivity contribution in [3.05, 3.63) is 17.7 Å². The summed E-state index contributed by atoms with van der Waals surface area (Å²) < 4.78 is 38.1. The largest absolute Gasteiger partial charge is 0.416 e. The van der Waals surface area contributed by atoms with Crippen LogP contribution in [-0.4, -0.2) is 29.8 Å². The number of nitrogen functional groups attached to an aromatic ring is 1. The normalized spacial score (nSPS) is 13.2. The van der Waals surface area contributed by atoms with Gasteiger partial charge in [-0.1, -0.05) is 0 Å². The zero-order valence-electron chi connectivity index (χ0n) is 10.7. The van der Waals surface area contributed by atoms with Crippen LogP contribution in [0.4, 0.5) is 24.8 Å². The molecule has 0 bridgehead atoms. The van der Waals surface area contributed by atoms with Gasteiger partial charge in [0.25, 0.3) is 0 Å². The summed E-state index contributed by atoms with van der Waals surface area (Å²) >= 11 is 0.